The Balaban J connectivity index is 0.00000272. The molecule has 2 aromatic heterocycles. The van der Waals surface area contributed by atoms with Crippen molar-refractivity contribution >= 4 is 41.7 Å². The highest BCUT2D eigenvalue weighted by Gasteiger charge is 2.20. The lowest BCUT2D eigenvalue weighted by atomic mass is 10.0. The van der Waals surface area contributed by atoms with Gasteiger partial charge in [0.05, 0.1) is 10.5 Å². The van der Waals surface area contributed by atoms with Gasteiger partial charge in [0, 0.05) is 35.6 Å². The predicted octanol–water partition coefficient (Wildman–Crippen LogP) is 4.66. The van der Waals surface area contributed by atoms with Crippen LogP contribution in [0.1, 0.15) is 47.5 Å². The number of rotatable bonds is 6. The number of anilines is 1. The van der Waals surface area contributed by atoms with Gasteiger partial charge in [-0.2, -0.15) is 5.10 Å². The molecule has 0 bridgehead atoms. The van der Waals surface area contributed by atoms with Gasteiger partial charge in [0.1, 0.15) is 5.03 Å². The first-order valence-corrected chi connectivity index (χ1v) is 10.3. The van der Waals surface area contributed by atoms with E-state index in [2.05, 4.69) is 25.5 Å². The third-order valence-corrected chi connectivity index (χ3v) is 5.91. The summed E-state index contributed by atoms with van der Waals surface area (Å²) in [7, 11) is 0. The van der Waals surface area contributed by atoms with E-state index >= 15 is 0 Å². The number of nitro benzene ring substituents is 1. The van der Waals surface area contributed by atoms with Crippen molar-refractivity contribution in [3.05, 3.63) is 70.2 Å². The van der Waals surface area contributed by atoms with E-state index in [0.29, 0.717) is 15.8 Å². The van der Waals surface area contributed by atoms with E-state index in [-0.39, 0.29) is 29.6 Å². The zero-order chi connectivity index (χ0) is 20.9. The molecule has 1 N–H and O–H groups in total. The van der Waals surface area contributed by atoms with Crippen LogP contribution in [0.3, 0.4) is 0 Å². The second-order valence-electron chi connectivity index (χ2n) is 6.88. The van der Waals surface area contributed by atoms with E-state index in [1.807, 2.05) is 0 Å². The van der Waals surface area contributed by atoms with Crippen LogP contribution in [0.4, 0.5) is 11.6 Å². The van der Waals surface area contributed by atoms with Crippen LogP contribution in [-0.4, -0.2) is 31.0 Å². The van der Waals surface area contributed by atoms with Crippen molar-refractivity contribution in [1.82, 2.24) is 20.2 Å². The molecular formula is C20H19ClN6O3S. The molecule has 1 fully saturated rings. The number of amides is 1. The van der Waals surface area contributed by atoms with Crippen molar-refractivity contribution in [2.75, 3.05) is 5.32 Å². The van der Waals surface area contributed by atoms with Crippen LogP contribution in [0.2, 0.25) is 0 Å². The molecule has 0 atom stereocenters. The van der Waals surface area contributed by atoms with E-state index in [0.717, 1.165) is 18.4 Å². The molecule has 2 heterocycles. The van der Waals surface area contributed by atoms with Gasteiger partial charge in [-0.25, -0.2) is 9.97 Å². The number of hydrogen-bond donors (Lipinski definition) is 1. The average molecular weight is 459 g/mol. The van der Waals surface area contributed by atoms with E-state index in [1.54, 1.807) is 30.7 Å². The molecule has 1 aliphatic carbocycles. The fourth-order valence-corrected chi connectivity index (χ4v) is 4.25. The second-order valence-corrected chi connectivity index (χ2v) is 7.94. The number of hydrogen-bond acceptors (Lipinski definition) is 8. The van der Waals surface area contributed by atoms with Gasteiger partial charge in [0.15, 0.2) is 0 Å². The SMILES string of the molecule is Cl.O=C(Nc1ncc(C2CCCC2)cn1)c1cc([N+](=O)[O-])ccc1Sc1cccnn1. The Bertz CT molecular complexity index is 1060. The van der Waals surface area contributed by atoms with Gasteiger partial charge < -0.3 is 0 Å². The van der Waals surface area contributed by atoms with Crippen molar-refractivity contribution < 1.29 is 9.72 Å². The van der Waals surface area contributed by atoms with Crippen LogP contribution in [0.15, 0.2) is 58.8 Å². The van der Waals surface area contributed by atoms with Gasteiger partial charge in [-0.1, -0.05) is 24.6 Å². The van der Waals surface area contributed by atoms with Gasteiger partial charge in [0.25, 0.3) is 11.6 Å². The van der Waals surface area contributed by atoms with Crippen LogP contribution in [0.5, 0.6) is 0 Å². The highest BCUT2D eigenvalue weighted by Crippen LogP contribution is 2.34. The normalized spacial score (nSPS) is 13.4. The molecule has 0 aliphatic heterocycles. The van der Waals surface area contributed by atoms with Crippen LogP contribution < -0.4 is 5.32 Å². The van der Waals surface area contributed by atoms with E-state index in [4.69, 9.17) is 0 Å². The van der Waals surface area contributed by atoms with Gasteiger partial charge in [-0.05, 0) is 42.5 Å². The minimum atomic E-state index is -0.541. The Labute approximate surface area is 188 Å². The average Bonchev–Trinajstić information content (AvgIpc) is 3.30. The second kappa shape index (κ2) is 10.3. The lowest BCUT2D eigenvalue weighted by Crippen LogP contribution is -2.15. The zero-order valence-corrected chi connectivity index (χ0v) is 17.9. The Kier molecular flexibility index (Phi) is 7.48. The maximum atomic E-state index is 12.9. The molecule has 1 aromatic carbocycles. The molecule has 160 valence electrons. The van der Waals surface area contributed by atoms with Gasteiger partial charge in [0.2, 0.25) is 5.95 Å². The van der Waals surface area contributed by atoms with Crippen molar-refractivity contribution in [3.8, 4) is 0 Å². The maximum Gasteiger partial charge on any atom is 0.270 e. The summed E-state index contributed by atoms with van der Waals surface area (Å²) in [6.07, 6.45) is 9.70. The van der Waals surface area contributed by atoms with Crippen molar-refractivity contribution in [1.29, 1.82) is 0 Å². The molecule has 11 heteroatoms. The predicted molar refractivity (Wildman–Crippen MR) is 118 cm³/mol. The molecule has 0 unspecified atom stereocenters. The van der Waals surface area contributed by atoms with E-state index in [9.17, 15) is 14.9 Å². The molecule has 1 aliphatic rings. The number of carbonyl (C=O) groups is 1. The number of nitrogens with zero attached hydrogens (tertiary/aromatic N) is 5. The number of halogens is 1. The third-order valence-electron chi connectivity index (χ3n) is 4.90. The lowest BCUT2D eigenvalue weighted by molar-refractivity contribution is -0.384. The summed E-state index contributed by atoms with van der Waals surface area (Å²) in [6.45, 7) is 0. The van der Waals surface area contributed by atoms with Crippen LogP contribution in [0, 0.1) is 10.1 Å². The fourth-order valence-electron chi connectivity index (χ4n) is 3.39. The van der Waals surface area contributed by atoms with Crippen molar-refractivity contribution in [2.24, 2.45) is 0 Å². The molecule has 1 saturated carbocycles. The van der Waals surface area contributed by atoms with Crippen LogP contribution >= 0.6 is 24.2 Å². The molecule has 1 amide bonds. The molecule has 9 nitrogen and oxygen atoms in total. The molecular weight excluding hydrogens is 440 g/mol. The summed E-state index contributed by atoms with van der Waals surface area (Å²) >= 11 is 1.19. The fraction of sp³-hybridized carbons (Fsp3) is 0.250. The summed E-state index contributed by atoms with van der Waals surface area (Å²) in [6, 6.07) is 7.57. The van der Waals surface area contributed by atoms with Crippen molar-refractivity contribution in [3.63, 3.8) is 0 Å². The number of aromatic nitrogens is 4. The summed E-state index contributed by atoms with van der Waals surface area (Å²) in [4.78, 5) is 32.5. The zero-order valence-electron chi connectivity index (χ0n) is 16.3. The molecule has 31 heavy (non-hydrogen) atoms. The van der Waals surface area contributed by atoms with Gasteiger partial charge in [-0.15, -0.1) is 17.5 Å². The smallest absolute Gasteiger partial charge is 0.270 e. The Morgan fingerprint density at radius 1 is 1.16 bits per heavy atom. The minimum Gasteiger partial charge on any atom is -0.290 e. The Hall–Kier alpha value is -3.11. The topological polar surface area (TPSA) is 124 Å². The quantitative estimate of drug-likeness (QED) is 0.417. The first kappa shape index (κ1) is 22.6. The first-order valence-electron chi connectivity index (χ1n) is 9.47. The largest absolute Gasteiger partial charge is 0.290 e. The molecule has 0 radical (unpaired) electrons. The standard InChI is InChI=1S/C20H18N6O3S.ClH/c27-19(24-20-21-11-14(12-22-20)13-4-1-2-5-13)16-10-15(26(28)29)7-8-17(16)30-18-6-3-9-23-25-18;/h3,6-13H,1-2,4-5H2,(H,21,22,24,27);1H. The van der Waals surface area contributed by atoms with Crippen LogP contribution in [-0.2, 0) is 0 Å². The number of nitro groups is 1. The number of carbonyl (C=O) groups excluding carboxylic acids is 1. The van der Waals surface area contributed by atoms with Crippen molar-refractivity contribution in [2.45, 2.75) is 41.5 Å². The summed E-state index contributed by atoms with van der Waals surface area (Å²) in [5, 5.41) is 22.2. The summed E-state index contributed by atoms with van der Waals surface area (Å²) in [5.74, 6) is 0.101. The van der Waals surface area contributed by atoms with Gasteiger partial charge >= 0.3 is 0 Å². The highest BCUT2D eigenvalue weighted by atomic mass is 35.5. The monoisotopic (exact) mass is 458 g/mol. The summed E-state index contributed by atoms with van der Waals surface area (Å²) in [5.41, 5.74) is 1.03. The lowest BCUT2D eigenvalue weighted by Gasteiger charge is -2.11. The first-order chi connectivity index (χ1) is 14.6. The summed E-state index contributed by atoms with van der Waals surface area (Å²) < 4.78 is 0. The highest BCUT2D eigenvalue weighted by molar-refractivity contribution is 7.99. The minimum absolute atomic E-state index is 0. The third kappa shape index (κ3) is 5.53. The molecule has 0 saturated heterocycles. The molecule has 0 spiro atoms. The number of non-ortho nitro benzene ring substituents is 1. The maximum absolute atomic E-state index is 12.9. The number of benzene rings is 1. The van der Waals surface area contributed by atoms with E-state index in [1.165, 1.54) is 42.8 Å². The molecule has 3 aromatic rings. The molecule has 4 rings (SSSR count). The van der Waals surface area contributed by atoms with E-state index < -0.39 is 10.8 Å². The number of nitrogens with one attached hydrogen (secondary N) is 1. The van der Waals surface area contributed by atoms with Gasteiger partial charge in [-0.3, -0.25) is 20.2 Å². The Morgan fingerprint density at radius 2 is 1.90 bits per heavy atom. The Morgan fingerprint density at radius 3 is 2.55 bits per heavy atom. The van der Waals surface area contributed by atoms with Crippen LogP contribution in [0.25, 0.3) is 0 Å².